The van der Waals surface area contributed by atoms with E-state index in [9.17, 15) is 0 Å². The Balaban J connectivity index is 1.81. The minimum absolute atomic E-state index is 0.268. The van der Waals surface area contributed by atoms with Crippen molar-refractivity contribution in [3.63, 3.8) is 0 Å². The van der Waals surface area contributed by atoms with Crippen molar-refractivity contribution in [1.82, 2.24) is 5.32 Å². The summed E-state index contributed by atoms with van der Waals surface area (Å²) in [5.74, 6) is 1.00. The molecule has 106 valence electrons. The fraction of sp³-hybridized carbons (Fsp3) is 0.412. The van der Waals surface area contributed by atoms with Crippen LogP contribution in [-0.2, 0) is 0 Å². The summed E-state index contributed by atoms with van der Waals surface area (Å²) >= 11 is 1.75. The zero-order chi connectivity index (χ0) is 13.8. The van der Waals surface area contributed by atoms with Crippen molar-refractivity contribution in [3.05, 3.63) is 52.2 Å². The molecule has 20 heavy (non-hydrogen) atoms. The zero-order valence-corrected chi connectivity index (χ0v) is 12.7. The fourth-order valence-electron chi connectivity index (χ4n) is 2.30. The van der Waals surface area contributed by atoms with Gasteiger partial charge < -0.3 is 10.1 Å². The highest BCUT2D eigenvalue weighted by atomic mass is 32.1. The highest BCUT2D eigenvalue weighted by Crippen LogP contribution is 2.30. The predicted octanol–water partition coefficient (Wildman–Crippen LogP) is 4.38. The Hall–Kier alpha value is -1.32. The monoisotopic (exact) mass is 287 g/mol. The molecular weight excluding hydrogens is 266 g/mol. The Morgan fingerprint density at radius 3 is 2.90 bits per heavy atom. The SMILES string of the molecule is CCCNC(c1ccsc1)c1cccc(OC2CC2)c1. The molecule has 1 aromatic carbocycles. The van der Waals surface area contributed by atoms with Crippen LogP contribution in [0.5, 0.6) is 5.75 Å². The van der Waals surface area contributed by atoms with E-state index in [-0.39, 0.29) is 6.04 Å². The fourth-order valence-corrected chi connectivity index (χ4v) is 2.99. The van der Waals surface area contributed by atoms with Crippen molar-refractivity contribution < 1.29 is 4.74 Å². The van der Waals surface area contributed by atoms with Gasteiger partial charge >= 0.3 is 0 Å². The molecule has 1 saturated carbocycles. The number of hydrogen-bond donors (Lipinski definition) is 1. The van der Waals surface area contributed by atoms with E-state index < -0.39 is 0 Å². The maximum atomic E-state index is 5.91. The van der Waals surface area contributed by atoms with Gasteiger partial charge in [-0.3, -0.25) is 0 Å². The predicted molar refractivity (Wildman–Crippen MR) is 84.5 cm³/mol. The summed E-state index contributed by atoms with van der Waals surface area (Å²) in [5.41, 5.74) is 2.63. The molecule has 2 nitrogen and oxygen atoms in total. The first kappa shape index (κ1) is 13.7. The molecule has 2 aromatic rings. The van der Waals surface area contributed by atoms with Crippen LogP contribution in [0, 0.1) is 0 Å². The van der Waals surface area contributed by atoms with Crippen LogP contribution in [0.3, 0.4) is 0 Å². The third-order valence-corrected chi connectivity index (χ3v) is 4.19. The molecule has 1 aliphatic rings. The molecule has 1 unspecified atom stereocenters. The molecule has 0 amide bonds. The molecule has 0 bridgehead atoms. The number of hydrogen-bond acceptors (Lipinski definition) is 3. The van der Waals surface area contributed by atoms with Crippen molar-refractivity contribution in [2.24, 2.45) is 0 Å². The van der Waals surface area contributed by atoms with Crippen LogP contribution in [0.1, 0.15) is 43.4 Å². The number of rotatable bonds is 7. The van der Waals surface area contributed by atoms with E-state index in [1.807, 2.05) is 0 Å². The van der Waals surface area contributed by atoms with Crippen LogP contribution < -0.4 is 10.1 Å². The average Bonchev–Trinajstić information content (AvgIpc) is 3.11. The molecule has 1 heterocycles. The molecule has 3 rings (SSSR count). The van der Waals surface area contributed by atoms with Crippen LogP contribution >= 0.6 is 11.3 Å². The van der Waals surface area contributed by atoms with E-state index in [2.05, 4.69) is 53.3 Å². The first-order valence-corrected chi connectivity index (χ1v) is 8.33. The molecule has 0 saturated heterocycles. The number of nitrogens with one attached hydrogen (secondary N) is 1. The molecular formula is C17H21NOS. The zero-order valence-electron chi connectivity index (χ0n) is 11.8. The maximum Gasteiger partial charge on any atom is 0.120 e. The Kier molecular flexibility index (Phi) is 4.38. The van der Waals surface area contributed by atoms with Gasteiger partial charge in [-0.15, -0.1) is 0 Å². The van der Waals surface area contributed by atoms with Gasteiger partial charge in [-0.05, 0) is 65.9 Å². The van der Waals surface area contributed by atoms with Crippen LogP contribution in [0.25, 0.3) is 0 Å². The second-order valence-corrected chi connectivity index (χ2v) is 6.11. The molecule has 1 N–H and O–H groups in total. The lowest BCUT2D eigenvalue weighted by Gasteiger charge is -2.19. The van der Waals surface area contributed by atoms with Gasteiger partial charge in [0.05, 0.1) is 12.1 Å². The van der Waals surface area contributed by atoms with Gasteiger partial charge in [-0.25, -0.2) is 0 Å². The number of ether oxygens (including phenoxy) is 1. The largest absolute Gasteiger partial charge is 0.490 e. The highest BCUT2D eigenvalue weighted by Gasteiger charge is 2.24. The summed E-state index contributed by atoms with van der Waals surface area (Å²) in [6.45, 7) is 3.22. The van der Waals surface area contributed by atoms with E-state index in [1.54, 1.807) is 11.3 Å². The van der Waals surface area contributed by atoms with Crippen LogP contribution in [0.2, 0.25) is 0 Å². The molecule has 1 atom stereocenters. The summed E-state index contributed by atoms with van der Waals surface area (Å²) in [4.78, 5) is 0. The molecule has 1 aliphatic carbocycles. The summed E-state index contributed by atoms with van der Waals surface area (Å²) in [5, 5.41) is 8.00. The van der Waals surface area contributed by atoms with Crippen LogP contribution in [0.15, 0.2) is 41.1 Å². The molecule has 3 heteroatoms. The molecule has 1 fully saturated rings. The minimum Gasteiger partial charge on any atom is -0.490 e. The molecule has 0 aliphatic heterocycles. The average molecular weight is 287 g/mol. The first-order chi connectivity index (χ1) is 9.86. The van der Waals surface area contributed by atoms with Gasteiger partial charge in [0.1, 0.15) is 5.75 Å². The summed E-state index contributed by atoms with van der Waals surface area (Å²) in [6.07, 6.45) is 3.99. The van der Waals surface area contributed by atoms with E-state index in [0.29, 0.717) is 6.10 Å². The first-order valence-electron chi connectivity index (χ1n) is 7.39. The summed E-state index contributed by atoms with van der Waals surface area (Å²) < 4.78 is 5.91. The maximum absolute atomic E-state index is 5.91. The van der Waals surface area contributed by atoms with E-state index in [1.165, 1.54) is 24.0 Å². The van der Waals surface area contributed by atoms with Crippen LogP contribution in [-0.4, -0.2) is 12.6 Å². The number of thiophene rings is 1. The van der Waals surface area contributed by atoms with Crippen molar-refractivity contribution in [3.8, 4) is 5.75 Å². The van der Waals surface area contributed by atoms with Crippen molar-refractivity contribution in [1.29, 1.82) is 0 Å². The number of benzene rings is 1. The van der Waals surface area contributed by atoms with Crippen molar-refractivity contribution in [2.45, 2.75) is 38.3 Å². The molecule has 0 spiro atoms. The quantitative estimate of drug-likeness (QED) is 0.816. The second kappa shape index (κ2) is 6.42. The van der Waals surface area contributed by atoms with E-state index >= 15 is 0 Å². The van der Waals surface area contributed by atoms with E-state index in [4.69, 9.17) is 4.74 Å². The Morgan fingerprint density at radius 2 is 2.20 bits per heavy atom. The lowest BCUT2D eigenvalue weighted by atomic mass is 10.0. The summed E-state index contributed by atoms with van der Waals surface area (Å²) in [6, 6.07) is 11.0. The molecule has 0 radical (unpaired) electrons. The third kappa shape index (κ3) is 3.41. The third-order valence-electron chi connectivity index (χ3n) is 3.49. The summed E-state index contributed by atoms with van der Waals surface area (Å²) in [7, 11) is 0. The van der Waals surface area contributed by atoms with Gasteiger partial charge in [0.25, 0.3) is 0 Å². The van der Waals surface area contributed by atoms with Crippen molar-refractivity contribution in [2.75, 3.05) is 6.54 Å². The van der Waals surface area contributed by atoms with Crippen molar-refractivity contribution >= 4 is 11.3 Å². The van der Waals surface area contributed by atoms with Crippen LogP contribution in [0.4, 0.5) is 0 Å². The lowest BCUT2D eigenvalue weighted by molar-refractivity contribution is 0.302. The van der Waals surface area contributed by atoms with Gasteiger partial charge in [0.15, 0.2) is 0 Å². The highest BCUT2D eigenvalue weighted by molar-refractivity contribution is 7.08. The van der Waals surface area contributed by atoms with Gasteiger partial charge in [0.2, 0.25) is 0 Å². The lowest BCUT2D eigenvalue weighted by Crippen LogP contribution is -2.22. The van der Waals surface area contributed by atoms with Gasteiger partial charge in [-0.2, -0.15) is 11.3 Å². The van der Waals surface area contributed by atoms with Gasteiger partial charge in [-0.1, -0.05) is 19.1 Å². The molecule has 1 aromatic heterocycles. The van der Waals surface area contributed by atoms with E-state index in [0.717, 1.165) is 18.7 Å². The van der Waals surface area contributed by atoms with Gasteiger partial charge in [0, 0.05) is 0 Å². The standard InChI is InChI=1S/C17H21NOS/c1-2-9-18-17(14-8-10-20-12-14)13-4-3-5-16(11-13)19-15-6-7-15/h3-5,8,10-12,15,17-18H,2,6-7,9H2,1H3. The smallest absolute Gasteiger partial charge is 0.120 e. The Morgan fingerprint density at radius 1 is 1.30 bits per heavy atom. The topological polar surface area (TPSA) is 21.3 Å². The second-order valence-electron chi connectivity index (χ2n) is 5.33. The Labute approximate surface area is 124 Å². The minimum atomic E-state index is 0.268. The normalized spacial score (nSPS) is 16.1. The Bertz CT molecular complexity index is 534.